The van der Waals surface area contributed by atoms with Gasteiger partial charge in [-0.3, -0.25) is 0 Å². The van der Waals surface area contributed by atoms with Crippen molar-refractivity contribution in [2.45, 2.75) is 19.4 Å². The summed E-state index contributed by atoms with van der Waals surface area (Å²) in [5, 5.41) is 9.13. The minimum Gasteiger partial charge on any atom is -0.496 e. The maximum atomic E-state index is 13.2. The van der Waals surface area contributed by atoms with Gasteiger partial charge in [0.2, 0.25) is 0 Å². The van der Waals surface area contributed by atoms with Crippen molar-refractivity contribution in [2.75, 3.05) is 7.11 Å². The van der Waals surface area contributed by atoms with Crippen molar-refractivity contribution in [3.63, 3.8) is 0 Å². The first-order valence-corrected chi connectivity index (χ1v) is 4.14. The number of hydrogen-bond acceptors (Lipinski definition) is 2. The van der Waals surface area contributed by atoms with Crippen molar-refractivity contribution in [1.82, 2.24) is 0 Å². The fraction of sp³-hybridized carbons (Fsp3) is 0.400. The van der Waals surface area contributed by atoms with Gasteiger partial charge < -0.3 is 9.84 Å². The number of ether oxygens (including phenoxy) is 1. The maximum Gasteiger partial charge on any atom is 0.130 e. The summed E-state index contributed by atoms with van der Waals surface area (Å²) in [6.07, 6.45) is -0.290. The van der Waals surface area contributed by atoms with Crippen LogP contribution in [0.3, 0.4) is 0 Å². The second-order valence-electron chi connectivity index (χ2n) is 2.97. The summed E-state index contributed by atoms with van der Waals surface area (Å²) >= 11 is 0. The number of hydrogen-bond donors (Lipinski definition) is 1. The van der Waals surface area contributed by atoms with Gasteiger partial charge in [0.25, 0.3) is 0 Å². The molecule has 0 bridgehead atoms. The van der Waals surface area contributed by atoms with Crippen molar-refractivity contribution in [3.8, 4) is 5.75 Å². The third kappa shape index (κ3) is 2.42. The SMILES string of the molecule is COc1cccc(F)c1CC(C)O. The van der Waals surface area contributed by atoms with Crippen LogP contribution < -0.4 is 4.74 Å². The summed E-state index contributed by atoms with van der Waals surface area (Å²) in [4.78, 5) is 0. The molecule has 0 aliphatic heterocycles. The number of aliphatic hydroxyl groups excluding tert-OH is 1. The predicted octanol–water partition coefficient (Wildman–Crippen LogP) is 1.76. The van der Waals surface area contributed by atoms with Crippen LogP contribution in [-0.4, -0.2) is 18.3 Å². The highest BCUT2D eigenvalue weighted by Crippen LogP contribution is 2.22. The summed E-state index contributed by atoms with van der Waals surface area (Å²) < 4.78 is 18.2. The van der Waals surface area contributed by atoms with Gasteiger partial charge in [0.05, 0.1) is 13.2 Å². The minimum atomic E-state index is -0.564. The molecule has 0 saturated carbocycles. The van der Waals surface area contributed by atoms with E-state index in [4.69, 9.17) is 9.84 Å². The molecule has 1 rings (SSSR count). The van der Waals surface area contributed by atoms with Crippen LogP contribution in [0.2, 0.25) is 0 Å². The monoisotopic (exact) mass is 184 g/mol. The van der Waals surface area contributed by atoms with Crippen LogP contribution in [0.4, 0.5) is 4.39 Å². The Bertz CT molecular complexity index is 284. The van der Waals surface area contributed by atoms with E-state index in [2.05, 4.69) is 0 Å². The molecule has 0 aromatic heterocycles. The molecule has 0 aliphatic carbocycles. The quantitative estimate of drug-likeness (QED) is 0.775. The van der Waals surface area contributed by atoms with E-state index >= 15 is 0 Å². The number of aliphatic hydroxyl groups is 1. The Morgan fingerprint density at radius 3 is 2.77 bits per heavy atom. The standard InChI is InChI=1S/C10H13FO2/c1-7(12)6-8-9(11)4-3-5-10(8)13-2/h3-5,7,12H,6H2,1-2H3. The smallest absolute Gasteiger partial charge is 0.130 e. The van der Waals surface area contributed by atoms with E-state index in [1.54, 1.807) is 19.1 Å². The fourth-order valence-electron chi connectivity index (χ4n) is 1.22. The van der Waals surface area contributed by atoms with Crippen molar-refractivity contribution < 1.29 is 14.2 Å². The zero-order valence-electron chi connectivity index (χ0n) is 7.75. The van der Waals surface area contributed by atoms with Gasteiger partial charge >= 0.3 is 0 Å². The van der Waals surface area contributed by atoms with Crippen LogP contribution in [0.5, 0.6) is 5.75 Å². The molecule has 0 fully saturated rings. The van der Waals surface area contributed by atoms with E-state index in [9.17, 15) is 4.39 Å². The second kappa shape index (κ2) is 4.23. The summed E-state index contributed by atoms with van der Waals surface area (Å²) in [7, 11) is 1.49. The van der Waals surface area contributed by atoms with Crippen LogP contribution in [-0.2, 0) is 6.42 Å². The molecular weight excluding hydrogens is 171 g/mol. The lowest BCUT2D eigenvalue weighted by Gasteiger charge is -2.10. The number of halogens is 1. The Morgan fingerprint density at radius 2 is 2.23 bits per heavy atom. The lowest BCUT2D eigenvalue weighted by atomic mass is 10.1. The molecular formula is C10H13FO2. The Kier molecular flexibility index (Phi) is 3.25. The second-order valence-corrected chi connectivity index (χ2v) is 2.97. The molecule has 1 atom stereocenters. The molecule has 1 aromatic carbocycles. The maximum absolute atomic E-state index is 13.2. The van der Waals surface area contributed by atoms with Gasteiger partial charge in [0.15, 0.2) is 0 Å². The average Bonchev–Trinajstić information content (AvgIpc) is 2.08. The van der Waals surface area contributed by atoms with Crippen LogP contribution in [0.1, 0.15) is 12.5 Å². The number of benzene rings is 1. The van der Waals surface area contributed by atoms with E-state index in [0.717, 1.165) is 0 Å². The highest BCUT2D eigenvalue weighted by Gasteiger charge is 2.10. The van der Waals surface area contributed by atoms with E-state index in [1.807, 2.05) is 0 Å². The largest absolute Gasteiger partial charge is 0.496 e. The Labute approximate surface area is 77.0 Å². The van der Waals surface area contributed by atoms with Gasteiger partial charge in [-0.1, -0.05) is 6.07 Å². The first-order chi connectivity index (χ1) is 6.15. The van der Waals surface area contributed by atoms with Crippen molar-refractivity contribution in [1.29, 1.82) is 0 Å². The first kappa shape index (κ1) is 9.99. The molecule has 2 nitrogen and oxygen atoms in total. The Morgan fingerprint density at radius 1 is 1.54 bits per heavy atom. The van der Waals surface area contributed by atoms with E-state index in [0.29, 0.717) is 11.3 Å². The average molecular weight is 184 g/mol. The fourth-order valence-corrected chi connectivity index (χ4v) is 1.22. The molecule has 72 valence electrons. The third-order valence-electron chi connectivity index (χ3n) is 1.80. The summed E-state index contributed by atoms with van der Waals surface area (Å²) in [5.74, 6) is 0.154. The van der Waals surface area contributed by atoms with E-state index in [1.165, 1.54) is 13.2 Å². The Hall–Kier alpha value is -1.09. The molecule has 1 N–H and O–H groups in total. The molecule has 0 spiro atoms. The van der Waals surface area contributed by atoms with Crippen LogP contribution in [0, 0.1) is 5.82 Å². The lowest BCUT2D eigenvalue weighted by molar-refractivity contribution is 0.192. The van der Waals surface area contributed by atoms with Gasteiger partial charge in [-0.15, -0.1) is 0 Å². The van der Waals surface area contributed by atoms with Crippen LogP contribution in [0.25, 0.3) is 0 Å². The molecule has 1 unspecified atom stereocenters. The molecule has 0 saturated heterocycles. The van der Waals surface area contributed by atoms with Gasteiger partial charge in [-0.05, 0) is 19.1 Å². The van der Waals surface area contributed by atoms with Crippen molar-refractivity contribution in [3.05, 3.63) is 29.6 Å². The zero-order valence-corrected chi connectivity index (χ0v) is 7.75. The van der Waals surface area contributed by atoms with Crippen LogP contribution in [0.15, 0.2) is 18.2 Å². The number of methoxy groups -OCH3 is 1. The van der Waals surface area contributed by atoms with E-state index < -0.39 is 6.10 Å². The molecule has 0 heterocycles. The molecule has 0 aliphatic rings. The molecule has 0 amide bonds. The summed E-state index contributed by atoms with van der Waals surface area (Å²) in [5.41, 5.74) is 0.431. The number of rotatable bonds is 3. The van der Waals surface area contributed by atoms with Crippen LogP contribution >= 0.6 is 0 Å². The third-order valence-corrected chi connectivity index (χ3v) is 1.80. The topological polar surface area (TPSA) is 29.5 Å². The van der Waals surface area contributed by atoms with E-state index in [-0.39, 0.29) is 12.2 Å². The molecule has 1 aromatic rings. The molecule has 3 heteroatoms. The first-order valence-electron chi connectivity index (χ1n) is 4.14. The lowest BCUT2D eigenvalue weighted by Crippen LogP contribution is -2.07. The minimum absolute atomic E-state index is 0.274. The van der Waals surface area contributed by atoms with Gasteiger partial charge in [0, 0.05) is 12.0 Å². The highest BCUT2D eigenvalue weighted by molar-refractivity contribution is 5.34. The summed E-state index contributed by atoms with van der Waals surface area (Å²) in [6, 6.07) is 4.63. The van der Waals surface area contributed by atoms with Gasteiger partial charge in [0.1, 0.15) is 11.6 Å². The van der Waals surface area contributed by atoms with Crippen molar-refractivity contribution >= 4 is 0 Å². The summed E-state index contributed by atoms with van der Waals surface area (Å²) in [6.45, 7) is 1.62. The van der Waals surface area contributed by atoms with Crippen molar-refractivity contribution in [2.24, 2.45) is 0 Å². The predicted molar refractivity (Wildman–Crippen MR) is 48.3 cm³/mol. The Balaban J connectivity index is 3.00. The normalized spacial score (nSPS) is 12.6. The zero-order chi connectivity index (χ0) is 9.84. The van der Waals surface area contributed by atoms with Gasteiger partial charge in [-0.25, -0.2) is 4.39 Å². The molecule has 0 radical (unpaired) electrons. The molecule has 13 heavy (non-hydrogen) atoms. The van der Waals surface area contributed by atoms with Gasteiger partial charge in [-0.2, -0.15) is 0 Å². The highest BCUT2D eigenvalue weighted by atomic mass is 19.1.